The van der Waals surface area contributed by atoms with Gasteiger partial charge < -0.3 is 9.47 Å². The number of tetrazole rings is 1. The number of aromatic nitrogens is 4. The molecule has 0 radical (unpaired) electrons. The summed E-state index contributed by atoms with van der Waals surface area (Å²) < 4.78 is 25.2. The fraction of sp³-hybridized carbons (Fsp3) is 0.417. The Labute approximate surface area is 130 Å². The van der Waals surface area contributed by atoms with Gasteiger partial charge in [0.15, 0.2) is 6.29 Å². The van der Waals surface area contributed by atoms with E-state index in [1.807, 2.05) is 0 Å². The molecule has 0 aliphatic carbocycles. The van der Waals surface area contributed by atoms with Crippen LogP contribution in [0.25, 0.3) is 0 Å². The first-order valence-corrected chi connectivity index (χ1v) is 7.39. The maximum atomic E-state index is 13.4. The number of nitrogens with zero attached hydrogens (tertiary/aromatic N) is 4. The summed E-state index contributed by atoms with van der Waals surface area (Å²) in [5.74, 6) is 0.0900. The summed E-state index contributed by atoms with van der Waals surface area (Å²) in [6.07, 6.45) is -0.430. The number of rotatable bonds is 7. The first kappa shape index (κ1) is 16.2. The fourth-order valence-electron chi connectivity index (χ4n) is 1.58. The van der Waals surface area contributed by atoms with Crippen LogP contribution in [0.5, 0.6) is 0 Å². The number of benzene rings is 1. The van der Waals surface area contributed by atoms with E-state index in [4.69, 9.17) is 21.1 Å². The highest BCUT2D eigenvalue weighted by Gasteiger charge is 2.13. The van der Waals surface area contributed by atoms with Crippen LogP contribution in [0.2, 0.25) is 5.02 Å². The van der Waals surface area contributed by atoms with Crippen molar-refractivity contribution in [1.82, 2.24) is 20.2 Å². The van der Waals surface area contributed by atoms with Gasteiger partial charge in [-0.05, 0) is 28.1 Å². The van der Waals surface area contributed by atoms with Crippen LogP contribution in [0.3, 0.4) is 0 Å². The Balaban J connectivity index is 2.00. The Kier molecular flexibility index (Phi) is 5.92. The van der Waals surface area contributed by atoms with Gasteiger partial charge in [-0.25, -0.2) is 9.07 Å². The summed E-state index contributed by atoms with van der Waals surface area (Å²) >= 11 is 7.04. The average molecular weight is 333 g/mol. The normalized spacial score (nSPS) is 11.3. The SMILES string of the molecule is COC(Cn1nnnc1SCc1ccc(Cl)c(F)c1)OC. The van der Waals surface area contributed by atoms with Gasteiger partial charge in [0.25, 0.3) is 0 Å². The van der Waals surface area contributed by atoms with Gasteiger partial charge in [0.2, 0.25) is 5.16 Å². The van der Waals surface area contributed by atoms with Gasteiger partial charge in [-0.2, -0.15) is 0 Å². The maximum Gasteiger partial charge on any atom is 0.209 e. The first-order valence-electron chi connectivity index (χ1n) is 6.02. The van der Waals surface area contributed by atoms with Crippen LogP contribution < -0.4 is 0 Å². The second-order valence-corrected chi connectivity index (χ2v) is 5.43. The van der Waals surface area contributed by atoms with Crippen molar-refractivity contribution in [1.29, 1.82) is 0 Å². The summed E-state index contributed by atoms with van der Waals surface area (Å²) in [5, 5.41) is 12.1. The van der Waals surface area contributed by atoms with Gasteiger partial charge in [0, 0.05) is 20.0 Å². The van der Waals surface area contributed by atoms with Crippen molar-refractivity contribution in [2.45, 2.75) is 23.7 Å². The molecule has 0 saturated heterocycles. The van der Waals surface area contributed by atoms with E-state index in [1.54, 1.807) is 25.0 Å². The number of hydrogen-bond acceptors (Lipinski definition) is 6. The molecule has 1 aromatic heterocycles. The molecule has 0 aliphatic heterocycles. The summed E-state index contributed by atoms with van der Waals surface area (Å²) in [4.78, 5) is 0. The summed E-state index contributed by atoms with van der Waals surface area (Å²) in [7, 11) is 3.09. The summed E-state index contributed by atoms with van der Waals surface area (Å²) in [5.41, 5.74) is 0.798. The van der Waals surface area contributed by atoms with Crippen molar-refractivity contribution in [2.24, 2.45) is 0 Å². The van der Waals surface area contributed by atoms with Gasteiger partial charge in [-0.3, -0.25) is 0 Å². The standard InChI is InChI=1S/C12H14ClFN4O2S/c1-19-11(20-2)6-18-12(15-16-17-18)21-7-8-3-4-9(13)10(14)5-8/h3-5,11H,6-7H2,1-2H3. The molecule has 0 amide bonds. The predicted molar refractivity (Wildman–Crippen MR) is 76.6 cm³/mol. The van der Waals surface area contributed by atoms with E-state index in [1.165, 1.54) is 23.9 Å². The monoisotopic (exact) mass is 332 g/mol. The van der Waals surface area contributed by atoms with Crippen molar-refractivity contribution in [3.05, 3.63) is 34.6 Å². The molecular formula is C12H14ClFN4O2S. The molecule has 6 nitrogen and oxygen atoms in total. The molecular weight excluding hydrogens is 319 g/mol. The predicted octanol–water partition coefficient (Wildman–Crippen LogP) is 2.38. The molecule has 9 heteroatoms. The smallest absolute Gasteiger partial charge is 0.209 e. The molecule has 0 N–H and O–H groups in total. The van der Waals surface area contributed by atoms with E-state index in [-0.39, 0.29) is 5.02 Å². The Morgan fingerprint density at radius 2 is 2.14 bits per heavy atom. The third-order valence-electron chi connectivity index (χ3n) is 2.70. The molecule has 2 aromatic rings. The molecule has 0 aliphatic rings. The topological polar surface area (TPSA) is 62.1 Å². The number of methoxy groups -OCH3 is 2. The van der Waals surface area contributed by atoms with Crippen molar-refractivity contribution in [3.8, 4) is 0 Å². The molecule has 0 saturated carbocycles. The maximum absolute atomic E-state index is 13.4. The zero-order valence-corrected chi connectivity index (χ0v) is 13.1. The lowest BCUT2D eigenvalue weighted by Crippen LogP contribution is -2.21. The van der Waals surface area contributed by atoms with Crippen molar-refractivity contribution in [2.75, 3.05) is 14.2 Å². The minimum Gasteiger partial charge on any atom is -0.354 e. The zero-order chi connectivity index (χ0) is 15.2. The lowest BCUT2D eigenvalue weighted by molar-refractivity contribution is -0.113. The van der Waals surface area contributed by atoms with Crippen molar-refractivity contribution >= 4 is 23.4 Å². The minimum absolute atomic E-state index is 0.108. The highest BCUT2D eigenvalue weighted by molar-refractivity contribution is 7.98. The number of halogens is 2. The molecule has 114 valence electrons. The zero-order valence-electron chi connectivity index (χ0n) is 11.5. The van der Waals surface area contributed by atoms with Gasteiger partial charge >= 0.3 is 0 Å². The summed E-state index contributed by atoms with van der Waals surface area (Å²) in [6, 6.07) is 4.69. The van der Waals surface area contributed by atoms with Crippen LogP contribution in [-0.4, -0.2) is 40.7 Å². The third-order valence-corrected chi connectivity index (χ3v) is 4.03. The molecule has 1 heterocycles. The van der Waals surface area contributed by atoms with Gasteiger partial charge in [0.1, 0.15) is 5.82 Å². The van der Waals surface area contributed by atoms with Crippen LogP contribution in [0.1, 0.15) is 5.56 Å². The number of thioether (sulfide) groups is 1. The van der Waals surface area contributed by atoms with Gasteiger partial charge in [0.05, 0.1) is 11.6 Å². The fourth-order valence-corrected chi connectivity index (χ4v) is 2.53. The van der Waals surface area contributed by atoms with E-state index in [0.717, 1.165) is 5.56 Å². The van der Waals surface area contributed by atoms with Crippen LogP contribution in [-0.2, 0) is 21.8 Å². The molecule has 0 atom stereocenters. The van der Waals surface area contributed by atoms with Crippen LogP contribution in [0.4, 0.5) is 4.39 Å². The van der Waals surface area contributed by atoms with Crippen molar-refractivity contribution < 1.29 is 13.9 Å². The Hall–Kier alpha value is -1.22. The van der Waals surface area contributed by atoms with E-state index in [2.05, 4.69) is 15.5 Å². The molecule has 1 aromatic carbocycles. The number of ether oxygens (including phenoxy) is 2. The van der Waals surface area contributed by atoms with Crippen LogP contribution in [0, 0.1) is 5.82 Å². The van der Waals surface area contributed by atoms with Gasteiger partial charge in [-0.15, -0.1) is 5.10 Å². The molecule has 0 unspecified atom stereocenters. The third kappa shape index (κ3) is 4.37. The van der Waals surface area contributed by atoms with Gasteiger partial charge in [-0.1, -0.05) is 29.4 Å². The molecule has 0 fully saturated rings. The highest BCUT2D eigenvalue weighted by Crippen LogP contribution is 2.23. The van der Waals surface area contributed by atoms with E-state index in [9.17, 15) is 4.39 Å². The Morgan fingerprint density at radius 1 is 1.38 bits per heavy atom. The summed E-state index contributed by atoms with van der Waals surface area (Å²) in [6.45, 7) is 0.372. The molecule has 2 rings (SSSR count). The lowest BCUT2D eigenvalue weighted by Gasteiger charge is -2.13. The quantitative estimate of drug-likeness (QED) is 0.573. The Bertz CT molecular complexity index is 594. The van der Waals surface area contributed by atoms with Crippen LogP contribution >= 0.6 is 23.4 Å². The lowest BCUT2D eigenvalue weighted by atomic mass is 10.2. The average Bonchev–Trinajstić information content (AvgIpc) is 2.93. The second kappa shape index (κ2) is 7.69. The first-order chi connectivity index (χ1) is 10.1. The highest BCUT2D eigenvalue weighted by atomic mass is 35.5. The number of hydrogen-bond donors (Lipinski definition) is 0. The van der Waals surface area contributed by atoms with E-state index < -0.39 is 12.1 Å². The second-order valence-electron chi connectivity index (χ2n) is 4.08. The van der Waals surface area contributed by atoms with Crippen molar-refractivity contribution in [3.63, 3.8) is 0 Å². The van der Waals surface area contributed by atoms with Crippen LogP contribution in [0.15, 0.2) is 23.4 Å². The largest absolute Gasteiger partial charge is 0.354 e. The Morgan fingerprint density at radius 3 is 2.81 bits per heavy atom. The molecule has 0 spiro atoms. The molecule has 0 bridgehead atoms. The van der Waals surface area contributed by atoms with E-state index >= 15 is 0 Å². The molecule has 21 heavy (non-hydrogen) atoms. The minimum atomic E-state index is -0.437. The van der Waals surface area contributed by atoms with E-state index in [0.29, 0.717) is 17.5 Å².